The number of nitrogens with one attached hydrogen (secondary N) is 1. The van der Waals surface area contributed by atoms with Gasteiger partial charge in [-0.2, -0.15) is 0 Å². The molecule has 0 aromatic heterocycles. The molecule has 1 unspecified atom stereocenters. The van der Waals surface area contributed by atoms with Crippen molar-refractivity contribution >= 4 is 23.2 Å². The lowest BCUT2D eigenvalue weighted by molar-refractivity contribution is 0.0611. The van der Waals surface area contributed by atoms with Gasteiger partial charge in [-0.25, -0.2) is 0 Å². The SMILES string of the molecule is CCCNC(COC(C)C)c1c(Cl)cccc1Cl. The van der Waals surface area contributed by atoms with Crippen LogP contribution in [0.1, 0.15) is 38.8 Å². The molecule has 0 amide bonds. The summed E-state index contributed by atoms with van der Waals surface area (Å²) in [7, 11) is 0. The van der Waals surface area contributed by atoms with Crippen LogP contribution >= 0.6 is 23.2 Å². The fourth-order valence-corrected chi connectivity index (χ4v) is 2.36. The van der Waals surface area contributed by atoms with E-state index in [1.807, 2.05) is 32.0 Å². The summed E-state index contributed by atoms with van der Waals surface area (Å²) in [6.45, 7) is 7.65. The van der Waals surface area contributed by atoms with Crippen LogP contribution in [0, 0.1) is 0 Å². The average Bonchev–Trinajstić information content (AvgIpc) is 2.31. The van der Waals surface area contributed by atoms with Crippen molar-refractivity contribution in [1.29, 1.82) is 0 Å². The summed E-state index contributed by atoms with van der Waals surface area (Å²) >= 11 is 12.5. The molecule has 0 saturated heterocycles. The maximum absolute atomic E-state index is 6.24. The van der Waals surface area contributed by atoms with Crippen molar-refractivity contribution < 1.29 is 4.74 Å². The quantitative estimate of drug-likeness (QED) is 0.800. The lowest BCUT2D eigenvalue weighted by Gasteiger charge is -2.22. The minimum atomic E-state index is 0.0357. The molecule has 1 aromatic rings. The first-order chi connectivity index (χ1) is 8.56. The molecule has 18 heavy (non-hydrogen) atoms. The summed E-state index contributed by atoms with van der Waals surface area (Å²) in [5.74, 6) is 0. The van der Waals surface area contributed by atoms with Crippen LogP contribution in [0.4, 0.5) is 0 Å². The molecule has 1 rings (SSSR count). The van der Waals surface area contributed by atoms with Crippen LogP contribution in [-0.4, -0.2) is 19.3 Å². The van der Waals surface area contributed by atoms with Gasteiger partial charge < -0.3 is 10.1 Å². The molecule has 0 bridgehead atoms. The van der Waals surface area contributed by atoms with Gasteiger partial charge >= 0.3 is 0 Å². The molecule has 102 valence electrons. The van der Waals surface area contributed by atoms with Crippen LogP contribution in [0.5, 0.6) is 0 Å². The molecular weight excluding hydrogens is 269 g/mol. The van der Waals surface area contributed by atoms with E-state index in [2.05, 4.69) is 12.2 Å². The zero-order valence-corrected chi connectivity index (χ0v) is 12.7. The van der Waals surface area contributed by atoms with Crippen molar-refractivity contribution in [2.45, 2.75) is 39.3 Å². The van der Waals surface area contributed by atoms with E-state index in [1.54, 1.807) is 0 Å². The summed E-state index contributed by atoms with van der Waals surface area (Å²) in [6.07, 6.45) is 1.25. The van der Waals surface area contributed by atoms with Crippen molar-refractivity contribution in [3.8, 4) is 0 Å². The van der Waals surface area contributed by atoms with Gasteiger partial charge in [-0.1, -0.05) is 36.2 Å². The second-order valence-corrected chi connectivity index (χ2v) is 5.34. The van der Waals surface area contributed by atoms with Crippen LogP contribution < -0.4 is 5.32 Å². The molecule has 1 aromatic carbocycles. The molecule has 0 aliphatic carbocycles. The highest BCUT2D eigenvalue weighted by atomic mass is 35.5. The Morgan fingerprint density at radius 3 is 2.33 bits per heavy atom. The molecule has 1 N–H and O–H groups in total. The van der Waals surface area contributed by atoms with E-state index >= 15 is 0 Å². The normalized spacial score (nSPS) is 13.0. The summed E-state index contributed by atoms with van der Waals surface area (Å²) in [5.41, 5.74) is 0.926. The molecule has 1 atom stereocenters. The van der Waals surface area contributed by atoms with Gasteiger partial charge in [-0.15, -0.1) is 0 Å². The lowest BCUT2D eigenvalue weighted by Crippen LogP contribution is -2.28. The number of hydrogen-bond acceptors (Lipinski definition) is 2. The van der Waals surface area contributed by atoms with Crippen LogP contribution in [0.15, 0.2) is 18.2 Å². The zero-order valence-electron chi connectivity index (χ0n) is 11.2. The number of benzene rings is 1. The second-order valence-electron chi connectivity index (χ2n) is 4.52. The second kappa shape index (κ2) is 8.00. The van der Waals surface area contributed by atoms with Gasteiger partial charge in [0, 0.05) is 15.6 Å². The van der Waals surface area contributed by atoms with Gasteiger partial charge in [-0.3, -0.25) is 0 Å². The first-order valence-electron chi connectivity index (χ1n) is 6.35. The van der Waals surface area contributed by atoms with Gasteiger partial charge in [0.1, 0.15) is 0 Å². The van der Waals surface area contributed by atoms with Crippen molar-refractivity contribution in [1.82, 2.24) is 5.32 Å². The molecule has 0 spiro atoms. The molecule has 0 radical (unpaired) electrons. The van der Waals surface area contributed by atoms with E-state index in [0.29, 0.717) is 16.7 Å². The maximum atomic E-state index is 6.24. The van der Waals surface area contributed by atoms with Crippen molar-refractivity contribution in [3.05, 3.63) is 33.8 Å². The summed E-state index contributed by atoms with van der Waals surface area (Å²) < 4.78 is 5.69. The van der Waals surface area contributed by atoms with E-state index in [0.717, 1.165) is 18.5 Å². The maximum Gasteiger partial charge on any atom is 0.0666 e. The Morgan fingerprint density at radius 2 is 1.83 bits per heavy atom. The van der Waals surface area contributed by atoms with Gasteiger partial charge in [0.05, 0.1) is 18.8 Å². The molecule has 4 heteroatoms. The minimum Gasteiger partial charge on any atom is -0.377 e. The summed E-state index contributed by atoms with van der Waals surface area (Å²) in [5, 5.41) is 4.80. The third kappa shape index (κ3) is 4.77. The Hall–Kier alpha value is -0.280. The third-order valence-corrected chi connectivity index (χ3v) is 3.24. The van der Waals surface area contributed by atoms with Crippen LogP contribution in [-0.2, 0) is 4.74 Å². The highest BCUT2D eigenvalue weighted by Crippen LogP contribution is 2.30. The fraction of sp³-hybridized carbons (Fsp3) is 0.571. The number of ether oxygens (including phenoxy) is 1. The van der Waals surface area contributed by atoms with Crippen LogP contribution in [0.2, 0.25) is 10.0 Å². The topological polar surface area (TPSA) is 21.3 Å². The summed E-state index contributed by atoms with van der Waals surface area (Å²) in [6, 6.07) is 5.61. The van der Waals surface area contributed by atoms with Gasteiger partial charge in [0.15, 0.2) is 0 Å². The highest BCUT2D eigenvalue weighted by Gasteiger charge is 2.18. The Balaban J connectivity index is 2.86. The Bertz CT molecular complexity index is 349. The minimum absolute atomic E-state index is 0.0357. The Kier molecular flexibility index (Phi) is 7.02. The van der Waals surface area contributed by atoms with E-state index in [9.17, 15) is 0 Å². The van der Waals surface area contributed by atoms with Crippen LogP contribution in [0.25, 0.3) is 0 Å². The molecule has 0 heterocycles. The standard InChI is InChI=1S/C14H21Cl2NO/c1-4-8-17-13(9-18-10(2)3)14-11(15)6-5-7-12(14)16/h5-7,10,13,17H,4,8-9H2,1-3H3. The molecule has 2 nitrogen and oxygen atoms in total. The van der Waals surface area contributed by atoms with E-state index in [1.165, 1.54) is 0 Å². The molecule has 0 fully saturated rings. The molecular formula is C14H21Cl2NO. The number of hydrogen-bond donors (Lipinski definition) is 1. The number of halogens is 2. The lowest BCUT2D eigenvalue weighted by atomic mass is 10.1. The van der Waals surface area contributed by atoms with E-state index < -0.39 is 0 Å². The first kappa shape index (κ1) is 15.8. The first-order valence-corrected chi connectivity index (χ1v) is 7.10. The van der Waals surface area contributed by atoms with Crippen LogP contribution in [0.3, 0.4) is 0 Å². The highest BCUT2D eigenvalue weighted by molar-refractivity contribution is 6.36. The third-order valence-electron chi connectivity index (χ3n) is 2.59. The predicted molar refractivity (Wildman–Crippen MR) is 78.6 cm³/mol. The van der Waals surface area contributed by atoms with E-state index in [4.69, 9.17) is 27.9 Å². The van der Waals surface area contributed by atoms with Crippen molar-refractivity contribution in [2.24, 2.45) is 0 Å². The smallest absolute Gasteiger partial charge is 0.0666 e. The molecule has 0 aliphatic rings. The largest absolute Gasteiger partial charge is 0.377 e. The average molecular weight is 290 g/mol. The Morgan fingerprint density at radius 1 is 1.22 bits per heavy atom. The fourth-order valence-electron chi connectivity index (χ4n) is 1.70. The Labute approximate surface area is 120 Å². The van der Waals surface area contributed by atoms with E-state index in [-0.39, 0.29) is 12.1 Å². The summed E-state index contributed by atoms with van der Waals surface area (Å²) in [4.78, 5) is 0. The van der Waals surface area contributed by atoms with Gasteiger partial charge in [-0.05, 0) is 38.9 Å². The van der Waals surface area contributed by atoms with Crippen molar-refractivity contribution in [2.75, 3.05) is 13.2 Å². The monoisotopic (exact) mass is 289 g/mol. The predicted octanol–water partition coefficient (Wildman–Crippen LogP) is 4.46. The number of rotatable bonds is 7. The molecule has 0 saturated carbocycles. The van der Waals surface area contributed by atoms with Gasteiger partial charge in [0.25, 0.3) is 0 Å². The van der Waals surface area contributed by atoms with Gasteiger partial charge in [0.2, 0.25) is 0 Å². The van der Waals surface area contributed by atoms with Crippen molar-refractivity contribution in [3.63, 3.8) is 0 Å². The zero-order chi connectivity index (χ0) is 13.5. The molecule has 0 aliphatic heterocycles.